The van der Waals surface area contributed by atoms with Gasteiger partial charge in [-0.3, -0.25) is 9.59 Å². The first-order chi connectivity index (χ1) is 10.6. The Balaban J connectivity index is 2.06. The van der Waals surface area contributed by atoms with Gasteiger partial charge in [0.1, 0.15) is 11.5 Å². The molecule has 2 aromatic carbocycles. The molecule has 1 N–H and O–H groups in total. The summed E-state index contributed by atoms with van der Waals surface area (Å²) in [5.74, 6) is 0.598. The molecule has 0 aliphatic carbocycles. The van der Waals surface area contributed by atoms with Crippen LogP contribution in [-0.2, 0) is 4.79 Å². The van der Waals surface area contributed by atoms with Crippen LogP contribution in [0.1, 0.15) is 17.3 Å². The fraction of sp³-hybridized carbons (Fsp3) is 0.176. The fourth-order valence-electron chi connectivity index (χ4n) is 1.86. The van der Waals surface area contributed by atoms with Gasteiger partial charge in [0.2, 0.25) is 0 Å². The van der Waals surface area contributed by atoms with Gasteiger partial charge in [0.05, 0.1) is 12.7 Å². The van der Waals surface area contributed by atoms with Crippen molar-refractivity contribution >= 4 is 17.9 Å². The van der Waals surface area contributed by atoms with Crippen molar-refractivity contribution in [1.82, 2.24) is 0 Å². The predicted octanol–water partition coefficient (Wildman–Crippen LogP) is 2.91. The molecule has 5 nitrogen and oxygen atoms in total. The number of aldehydes is 1. The molecule has 0 saturated heterocycles. The SMILES string of the molecule is COc1ccc(O[C@@H](C)C(=O)Nc2ccccc2)c(C=O)c1. The molecule has 0 fully saturated rings. The molecule has 0 unspecified atom stereocenters. The summed E-state index contributed by atoms with van der Waals surface area (Å²) in [5, 5.41) is 2.75. The largest absolute Gasteiger partial charge is 0.497 e. The van der Waals surface area contributed by atoms with Crippen LogP contribution in [0.4, 0.5) is 5.69 Å². The Morgan fingerprint density at radius 3 is 2.55 bits per heavy atom. The summed E-state index contributed by atoms with van der Waals surface area (Å²) in [4.78, 5) is 23.2. The van der Waals surface area contributed by atoms with Crippen LogP contribution in [0.5, 0.6) is 11.5 Å². The first-order valence-electron chi connectivity index (χ1n) is 6.80. The van der Waals surface area contributed by atoms with Crippen molar-refractivity contribution in [1.29, 1.82) is 0 Å². The van der Waals surface area contributed by atoms with E-state index in [1.165, 1.54) is 7.11 Å². The highest BCUT2D eigenvalue weighted by atomic mass is 16.5. The monoisotopic (exact) mass is 299 g/mol. The maximum absolute atomic E-state index is 12.1. The number of hydrogen-bond acceptors (Lipinski definition) is 4. The van der Waals surface area contributed by atoms with Crippen LogP contribution >= 0.6 is 0 Å². The lowest BCUT2D eigenvalue weighted by molar-refractivity contribution is -0.122. The van der Waals surface area contributed by atoms with E-state index < -0.39 is 6.10 Å². The van der Waals surface area contributed by atoms with E-state index in [1.807, 2.05) is 18.2 Å². The number of carbonyl (C=O) groups is 2. The maximum Gasteiger partial charge on any atom is 0.265 e. The van der Waals surface area contributed by atoms with Crippen LogP contribution in [0, 0.1) is 0 Å². The van der Waals surface area contributed by atoms with Gasteiger partial charge in [-0.05, 0) is 37.3 Å². The second-order valence-electron chi connectivity index (χ2n) is 4.64. The predicted molar refractivity (Wildman–Crippen MR) is 83.5 cm³/mol. The smallest absolute Gasteiger partial charge is 0.265 e. The fourth-order valence-corrected chi connectivity index (χ4v) is 1.86. The third kappa shape index (κ3) is 3.85. The number of nitrogens with one attached hydrogen (secondary N) is 1. The number of ether oxygens (including phenoxy) is 2. The number of para-hydroxylation sites is 1. The molecule has 1 amide bonds. The molecule has 1 atom stereocenters. The third-order valence-corrected chi connectivity index (χ3v) is 3.06. The zero-order valence-corrected chi connectivity index (χ0v) is 12.4. The Morgan fingerprint density at radius 1 is 1.18 bits per heavy atom. The second kappa shape index (κ2) is 7.26. The molecule has 0 radical (unpaired) electrons. The van der Waals surface area contributed by atoms with Gasteiger partial charge in [-0.1, -0.05) is 18.2 Å². The average molecular weight is 299 g/mol. The summed E-state index contributed by atoms with van der Waals surface area (Å²) in [6.45, 7) is 1.62. The van der Waals surface area contributed by atoms with Crippen LogP contribution in [0.15, 0.2) is 48.5 Å². The number of benzene rings is 2. The standard InChI is InChI=1S/C17H17NO4/c1-12(17(20)18-14-6-4-3-5-7-14)22-16-9-8-15(21-2)10-13(16)11-19/h3-12H,1-2H3,(H,18,20)/t12-/m0/s1. The molecule has 0 heterocycles. The zero-order valence-electron chi connectivity index (χ0n) is 12.4. The van der Waals surface area contributed by atoms with Crippen molar-refractivity contribution < 1.29 is 19.1 Å². The Hall–Kier alpha value is -2.82. The molecule has 22 heavy (non-hydrogen) atoms. The van der Waals surface area contributed by atoms with E-state index in [2.05, 4.69) is 5.32 Å². The van der Waals surface area contributed by atoms with E-state index >= 15 is 0 Å². The maximum atomic E-state index is 12.1. The normalized spacial score (nSPS) is 11.4. The quantitative estimate of drug-likeness (QED) is 0.833. The lowest BCUT2D eigenvalue weighted by atomic mass is 10.2. The lowest BCUT2D eigenvalue weighted by Gasteiger charge is -2.16. The Bertz CT molecular complexity index is 655. The van der Waals surface area contributed by atoms with Crippen molar-refractivity contribution in [2.75, 3.05) is 12.4 Å². The number of hydrogen-bond donors (Lipinski definition) is 1. The van der Waals surface area contributed by atoms with Crippen LogP contribution in [0.25, 0.3) is 0 Å². The van der Waals surface area contributed by atoms with E-state index in [9.17, 15) is 9.59 Å². The topological polar surface area (TPSA) is 64.6 Å². The van der Waals surface area contributed by atoms with Crippen molar-refractivity contribution in [2.24, 2.45) is 0 Å². The van der Waals surface area contributed by atoms with Crippen molar-refractivity contribution in [3.63, 3.8) is 0 Å². The minimum Gasteiger partial charge on any atom is -0.497 e. The van der Waals surface area contributed by atoms with Crippen LogP contribution in [-0.4, -0.2) is 25.4 Å². The second-order valence-corrected chi connectivity index (χ2v) is 4.64. The Kier molecular flexibility index (Phi) is 5.14. The molecule has 0 bridgehead atoms. The summed E-state index contributed by atoms with van der Waals surface area (Å²) >= 11 is 0. The minimum absolute atomic E-state index is 0.293. The van der Waals surface area contributed by atoms with Crippen molar-refractivity contribution in [3.8, 4) is 11.5 Å². The lowest BCUT2D eigenvalue weighted by Crippen LogP contribution is -2.30. The number of anilines is 1. The van der Waals surface area contributed by atoms with Crippen molar-refractivity contribution in [3.05, 3.63) is 54.1 Å². The van der Waals surface area contributed by atoms with Gasteiger partial charge in [0.25, 0.3) is 5.91 Å². The van der Waals surface area contributed by atoms with Gasteiger partial charge in [0, 0.05) is 5.69 Å². The van der Waals surface area contributed by atoms with E-state index in [-0.39, 0.29) is 5.91 Å². The van der Waals surface area contributed by atoms with Crippen LogP contribution < -0.4 is 14.8 Å². The van der Waals surface area contributed by atoms with Gasteiger partial charge in [-0.2, -0.15) is 0 Å². The van der Waals surface area contributed by atoms with E-state index in [0.29, 0.717) is 29.0 Å². The van der Waals surface area contributed by atoms with E-state index in [4.69, 9.17) is 9.47 Å². The number of rotatable bonds is 6. The van der Waals surface area contributed by atoms with Gasteiger partial charge in [-0.15, -0.1) is 0 Å². The molecule has 0 saturated carbocycles. The van der Waals surface area contributed by atoms with Crippen molar-refractivity contribution in [2.45, 2.75) is 13.0 Å². The Labute approximate surface area is 128 Å². The first kappa shape index (κ1) is 15.6. The summed E-state index contributed by atoms with van der Waals surface area (Å²) in [6, 6.07) is 13.9. The minimum atomic E-state index is -0.743. The molecule has 0 aromatic heterocycles. The molecular weight excluding hydrogens is 282 g/mol. The number of amides is 1. The van der Waals surface area contributed by atoms with Gasteiger partial charge in [0.15, 0.2) is 12.4 Å². The van der Waals surface area contributed by atoms with E-state index in [1.54, 1.807) is 37.3 Å². The summed E-state index contributed by atoms with van der Waals surface area (Å²) in [7, 11) is 1.51. The first-order valence-corrected chi connectivity index (χ1v) is 6.80. The third-order valence-electron chi connectivity index (χ3n) is 3.06. The van der Waals surface area contributed by atoms with Crippen LogP contribution in [0.2, 0.25) is 0 Å². The highest BCUT2D eigenvalue weighted by molar-refractivity contribution is 5.94. The molecule has 2 rings (SSSR count). The molecule has 0 spiro atoms. The van der Waals surface area contributed by atoms with E-state index in [0.717, 1.165) is 0 Å². The molecular formula is C17H17NO4. The molecule has 2 aromatic rings. The van der Waals surface area contributed by atoms with Gasteiger partial charge in [-0.25, -0.2) is 0 Å². The summed E-state index contributed by atoms with van der Waals surface area (Å²) in [6.07, 6.45) is -0.0769. The molecule has 0 aliphatic heterocycles. The Morgan fingerprint density at radius 2 is 1.91 bits per heavy atom. The zero-order chi connectivity index (χ0) is 15.9. The molecule has 5 heteroatoms. The molecule has 114 valence electrons. The van der Waals surface area contributed by atoms with Crippen LogP contribution in [0.3, 0.4) is 0 Å². The number of carbonyl (C=O) groups excluding carboxylic acids is 2. The highest BCUT2D eigenvalue weighted by Crippen LogP contribution is 2.23. The summed E-state index contributed by atoms with van der Waals surface area (Å²) < 4.78 is 10.6. The average Bonchev–Trinajstić information content (AvgIpc) is 2.56. The highest BCUT2D eigenvalue weighted by Gasteiger charge is 2.16. The van der Waals surface area contributed by atoms with Gasteiger partial charge < -0.3 is 14.8 Å². The molecule has 0 aliphatic rings. The van der Waals surface area contributed by atoms with Gasteiger partial charge >= 0.3 is 0 Å². The summed E-state index contributed by atoms with van der Waals surface area (Å²) in [5.41, 5.74) is 1.02. The number of methoxy groups -OCH3 is 1.